The van der Waals surface area contributed by atoms with E-state index in [4.69, 9.17) is 5.11 Å². The molecular weight excluding hydrogens is 380 g/mol. The number of ketones is 1. The molecule has 6 nitrogen and oxygen atoms in total. The smallest absolute Gasteiger partial charge is 0.318 e. The third-order valence-electron chi connectivity index (χ3n) is 5.72. The van der Waals surface area contributed by atoms with Gasteiger partial charge in [-0.15, -0.1) is 0 Å². The predicted molar refractivity (Wildman–Crippen MR) is 116 cm³/mol. The average Bonchev–Trinajstić information content (AvgIpc) is 2.77. The normalized spacial score (nSPS) is 16.2. The van der Waals surface area contributed by atoms with Crippen molar-refractivity contribution in [3.63, 3.8) is 0 Å². The van der Waals surface area contributed by atoms with Crippen molar-refractivity contribution in [1.29, 1.82) is 0 Å². The van der Waals surface area contributed by atoms with E-state index in [0.717, 1.165) is 12.8 Å². The molecule has 0 radical (unpaired) electrons. The van der Waals surface area contributed by atoms with Crippen LogP contribution in [-0.4, -0.2) is 58.3 Å². The van der Waals surface area contributed by atoms with Crippen LogP contribution in [0.1, 0.15) is 38.2 Å². The molecule has 1 aliphatic rings. The fourth-order valence-electron chi connectivity index (χ4n) is 3.95. The zero-order valence-corrected chi connectivity index (χ0v) is 17.5. The maximum absolute atomic E-state index is 12.6. The Morgan fingerprint density at radius 1 is 1.03 bits per heavy atom. The van der Waals surface area contributed by atoms with Gasteiger partial charge in [-0.3, -0.25) is 4.79 Å². The van der Waals surface area contributed by atoms with E-state index in [2.05, 4.69) is 41.7 Å². The van der Waals surface area contributed by atoms with Gasteiger partial charge in [-0.05, 0) is 49.3 Å². The number of aliphatic hydroxyl groups is 2. The highest BCUT2D eigenvalue weighted by atomic mass is 16.3. The number of carbonyl (C=O) groups is 2. The summed E-state index contributed by atoms with van der Waals surface area (Å²) in [5.74, 6) is -0.229. The van der Waals surface area contributed by atoms with Gasteiger partial charge in [0, 0.05) is 13.1 Å². The van der Waals surface area contributed by atoms with Gasteiger partial charge in [0.25, 0.3) is 0 Å². The van der Waals surface area contributed by atoms with Crippen LogP contribution in [0.15, 0.2) is 54.6 Å². The van der Waals surface area contributed by atoms with E-state index >= 15 is 0 Å². The van der Waals surface area contributed by atoms with Crippen LogP contribution >= 0.6 is 0 Å². The Morgan fingerprint density at radius 2 is 1.60 bits per heavy atom. The zero-order valence-electron chi connectivity index (χ0n) is 17.5. The highest BCUT2D eigenvalue weighted by molar-refractivity contribution is 5.90. The van der Waals surface area contributed by atoms with Crippen LogP contribution in [0, 0.1) is 0 Å². The van der Waals surface area contributed by atoms with E-state index in [0.29, 0.717) is 19.0 Å². The van der Waals surface area contributed by atoms with Crippen LogP contribution in [0.25, 0.3) is 11.1 Å². The predicted octanol–water partition coefficient (Wildman–Crippen LogP) is 2.94. The molecule has 3 N–H and O–H groups in total. The summed E-state index contributed by atoms with van der Waals surface area (Å²) in [6.45, 7) is 3.30. The SMILES string of the molecule is CC(C)(O)[C@@H](NC(=O)N1CCC(c2ccc(-c3ccccc3)cc2)CC1)C(=O)CO. The molecule has 6 heteroatoms. The number of nitrogens with zero attached hydrogens (tertiary/aromatic N) is 1. The summed E-state index contributed by atoms with van der Waals surface area (Å²) in [6.07, 6.45) is 1.67. The Hall–Kier alpha value is -2.70. The van der Waals surface area contributed by atoms with Gasteiger partial charge in [-0.25, -0.2) is 4.79 Å². The van der Waals surface area contributed by atoms with Crippen molar-refractivity contribution in [2.75, 3.05) is 19.7 Å². The fourth-order valence-corrected chi connectivity index (χ4v) is 3.95. The van der Waals surface area contributed by atoms with Crippen molar-refractivity contribution >= 4 is 11.8 Å². The number of benzene rings is 2. The summed E-state index contributed by atoms with van der Waals surface area (Å²) >= 11 is 0. The minimum atomic E-state index is -1.45. The molecule has 3 rings (SSSR count). The van der Waals surface area contributed by atoms with E-state index in [-0.39, 0.29) is 6.03 Å². The second-order valence-corrected chi connectivity index (χ2v) is 8.41. The van der Waals surface area contributed by atoms with E-state index in [1.165, 1.54) is 30.5 Å². The van der Waals surface area contributed by atoms with Gasteiger partial charge in [-0.1, -0.05) is 54.6 Å². The van der Waals surface area contributed by atoms with E-state index in [9.17, 15) is 14.7 Å². The molecule has 2 aromatic rings. The molecule has 2 amide bonds. The zero-order chi connectivity index (χ0) is 21.7. The highest BCUT2D eigenvalue weighted by Crippen LogP contribution is 2.30. The molecule has 0 unspecified atom stereocenters. The second kappa shape index (κ2) is 9.41. The van der Waals surface area contributed by atoms with Crippen LogP contribution in [0.4, 0.5) is 4.79 Å². The number of hydrogen-bond donors (Lipinski definition) is 3. The number of nitrogens with one attached hydrogen (secondary N) is 1. The van der Waals surface area contributed by atoms with Gasteiger partial charge in [0.15, 0.2) is 5.78 Å². The monoisotopic (exact) mass is 410 g/mol. The standard InChI is InChI=1S/C24H30N2O4/c1-24(2,30)22(21(28)16-27)25-23(29)26-14-12-20(13-15-26)19-10-8-18(9-11-19)17-6-4-3-5-7-17/h3-11,20,22,27,30H,12-16H2,1-2H3,(H,25,29)/t22-/m0/s1. The van der Waals surface area contributed by atoms with Crippen molar-refractivity contribution < 1.29 is 19.8 Å². The Kier molecular flexibility index (Phi) is 6.90. The molecule has 160 valence electrons. The molecule has 0 bridgehead atoms. The summed E-state index contributed by atoms with van der Waals surface area (Å²) in [6, 6.07) is 17.3. The lowest BCUT2D eigenvalue weighted by molar-refractivity contribution is -0.129. The van der Waals surface area contributed by atoms with Gasteiger partial charge >= 0.3 is 6.03 Å². The van der Waals surface area contributed by atoms with Crippen LogP contribution < -0.4 is 5.32 Å². The molecule has 1 saturated heterocycles. The number of likely N-dealkylation sites (tertiary alicyclic amines) is 1. The van der Waals surface area contributed by atoms with Crippen molar-refractivity contribution in [3.8, 4) is 11.1 Å². The molecule has 0 spiro atoms. The molecule has 0 aromatic heterocycles. The first kappa shape index (κ1) is 22.0. The third-order valence-corrected chi connectivity index (χ3v) is 5.72. The van der Waals surface area contributed by atoms with Gasteiger partial charge in [0.05, 0.1) is 5.60 Å². The van der Waals surface area contributed by atoms with Gasteiger partial charge < -0.3 is 20.4 Å². The maximum atomic E-state index is 12.6. The van der Waals surface area contributed by atoms with Crippen LogP contribution in [-0.2, 0) is 4.79 Å². The number of amides is 2. The number of Topliss-reactive ketones (excluding diaryl/α,β-unsaturated/α-hetero) is 1. The molecule has 0 aliphatic carbocycles. The van der Waals surface area contributed by atoms with Crippen molar-refractivity contribution in [2.45, 2.75) is 44.2 Å². The Labute approximate surface area is 177 Å². The average molecular weight is 411 g/mol. The lowest BCUT2D eigenvalue weighted by atomic mass is 9.88. The van der Waals surface area contributed by atoms with Crippen LogP contribution in [0.3, 0.4) is 0 Å². The van der Waals surface area contributed by atoms with Crippen molar-refractivity contribution in [1.82, 2.24) is 10.2 Å². The first-order valence-electron chi connectivity index (χ1n) is 10.4. The van der Waals surface area contributed by atoms with Crippen LogP contribution in [0.5, 0.6) is 0 Å². The third kappa shape index (κ3) is 5.26. The van der Waals surface area contributed by atoms with E-state index < -0.39 is 24.0 Å². The lowest BCUT2D eigenvalue weighted by Crippen LogP contribution is -2.58. The summed E-state index contributed by atoms with van der Waals surface area (Å²) in [7, 11) is 0. The number of urea groups is 1. The van der Waals surface area contributed by atoms with Gasteiger partial charge in [-0.2, -0.15) is 0 Å². The topological polar surface area (TPSA) is 89.9 Å². The molecule has 30 heavy (non-hydrogen) atoms. The molecule has 1 fully saturated rings. The number of aliphatic hydroxyl groups excluding tert-OH is 1. The molecular formula is C24H30N2O4. The summed E-state index contributed by atoms with van der Waals surface area (Å²) in [5, 5.41) is 21.9. The summed E-state index contributed by atoms with van der Waals surface area (Å²) < 4.78 is 0. The Bertz CT molecular complexity index is 851. The quantitative estimate of drug-likeness (QED) is 0.683. The van der Waals surface area contributed by atoms with Gasteiger partial charge in [0.1, 0.15) is 12.6 Å². The van der Waals surface area contributed by atoms with Crippen molar-refractivity contribution in [3.05, 3.63) is 60.2 Å². The highest BCUT2D eigenvalue weighted by Gasteiger charge is 2.35. The minimum Gasteiger partial charge on any atom is -0.388 e. The fraction of sp³-hybridized carbons (Fsp3) is 0.417. The molecule has 2 aromatic carbocycles. The van der Waals surface area contributed by atoms with Crippen LogP contribution in [0.2, 0.25) is 0 Å². The maximum Gasteiger partial charge on any atom is 0.318 e. The number of rotatable bonds is 6. The Balaban J connectivity index is 1.58. The molecule has 1 aliphatic heterocycles. The molecule has 0 saturated carbocycles. The van der Waals surface area contributed by atoms with Gasteiger partial charge in [0.2, 0.25) is 0 Å². The molecule has 1 atom stereocenters. The molecule has 1 heterocycles. The lowest BCUT2D eigenvalue weighted by Gasteiger charge is -2.35. The Morgan fingerprint density at radius 3 is 2.13 bits per heavy atom. The number of piperidine rings is 1. The van der Waals surface area contributed by atoms with E-state index in [1.807, 2.05) is 18.2 Å². The minimum absolute atomic E-state index is 0.378. The largest absolute Gasteiger partial charge is 0.388 e. The number of hydrogen-bond acceptors (Lipinski definition) is 4. The van der Waals surface area contributed by atoms with E-state index in [1.54, 1.807) is 4.90 Å². The van der Waals surface area contributed by atoms with Crippen molar-refractivity contribution in [2.24, 2.45) is 0 Å². The summed E-state index contributed by atoms with van der Waals surface area (Å²) in [4.78, 5) is 26.2. The first-order valence-corrected chi connectivity index (χ1v) is 10.4. The summed E-state index contributed by atoms with van der Waals surface area (Å²) in [5.41, 5.74) is 2.19. The number of carbonyl (C=O) groups excluding carboxylic acids is 2. The first-order chi connectivity index (χ1) is 14.3. The second-order valence-electron chi connectivity index (χ2n) is 8.41.